The van der Waals surface area contributed by atoms with Crippen molar-refractivity contribution in [2.45, 2.75) is 38.5 Å². The van der Waals surface area contributed by atoms with Crippen LogP contribution in [0.1, 0.15) is 36.8 Å². The molecule has 4 heteroatoms. The van der Waals surface area contributed by atoms with Gasteiger partial charge < -0.3 is 19.3 Å². The van der Waals surface area contributed by atoms with Gasteiger partial charge in [-0.1, -0.05) is 36.4 Å². The van der Waals surface area contributed by atoms with Crippen LogP contribution in [0.15, 0.2) is 48.5 Å². The van der Waals surface area contributed by atoms with Crippen molar-refractivity contribution in [3.8, 4) is 11.5 Å². The van der Waals surface area contributed by atoms with Crippen molar-refractivity contribution < 1.29 is 9.47 Å². The molecule has 0 aliphatic heterocycles. The lowest BCUT2D eigenvalue weighted by Crippen LogP contribution is -2.14. The Morgan fingerprint density at radius 3 is 1.37 bits per heavy atom. The first-order valence-corrected chi connectivity index (χ1v) is 11.3. The highest BCUT2D eigenvalue weighted by Crippen LogP contribution is 2.21. The van der Waals surface area contributed by atoms with Gasteiger partial charge in [0.05, 0.1) is 13.2 Å². The summed E-state index contributed by atoms with van der Waals surface area (Å²) in [6.45, 7) is 3.67. The standard InChI is InChI=1S/C26H40N2O2/c1-27(2)19-11-15-23-13-5-7-17-25(23)29-21-9-10-22-30-26-18-8-6-14-24(26)16-12-20-28(3)4/h5-8,13-14,17-18H,9-12,15-16,19-22H2,1-4H3. The second kappa shape index (κ2) is 14.1. The van der Waals surface area contributed by atoms with Gasteiger partial charge in [-0.3, -0.25) is 0 Å². The number of benzene rings is 2. The van der Waals surface area contributed by atoms with E-state index in [0.29, 0.717) is 0 Å². The minimum absolute atomic E-state index is 0.735. The number of nitrogens with zero attached hydrogens (tertiary/aromatic N) is 2. The monoisotopic (exact) mass is 412 g/mol. The third-order valence-electron chi connectivity index (χ3n) is 5.10. The van der Waals surface area contributed by atoms with Crippen molar-refractivity contribution in [3.05, 3.63) is 59.7 Å². The van der Waals surface area contributed by atoms with Gasteiger partial charge in [-0.15, -0.1) is 0 Å². The van der Waals surface area contributed by atoms with E-state index in [9.17, 15) is 0 Å². The summed E-state index contributed by atoms with van der Waals surface area (Å²) in [5, 5.41) is 0. The lowest BCUT2D eigenvalue weighted by Gasteiger charge is -2.14. The molecule has 2 aromatic carbocycles. The smallest absolute Gasteiger partial charge is 0.122 e. The maximum atomic E-state index is 6.07. The SMILES string of the molecule is CN(C)CCCc1ccccc1OCCCCOc1ccccc1CCCN(C)C. The van der Waals surface area contributed by atoms with E-state index in [1.807, 2.05) is 0 Å². The molecule has 0 amide bonds. The van der Waals surface area contributed by atoms with Gasteiger partial charge in [-0.05, 0) is 103 Å². The molecule has 0 bridgehead atoms. The zero-order valence-electron chi connectivity index (χ0n) is 19.4. The molecule has 0 atom stereocenters. The van der Waals surface area contributed by atoms with Crippen LogP contribution in [-0.4, -0.2) is 64.3 Å². The van der Waals surface area contributed by atoms with E-state index >= 15 is 0 Å². The number of hydrogen-bond acceptors (Lipinski definition) is 4. The quantitative estimate of drug-likeness (QED) is 0.388. The maximum absolute atomic E-state index is 6.07. The minimum atomic E-state index is 0.735. The fraction of sp³-hybridized carbons (Fsp3) is 0.538. The summed E-state index contributed by atoms with van der Waals surface area (Å²) in [4.78, 5) is 4.45. The normalized spacial score (nSPS) is 11.3. The molecule has 0 aliphatic carbocycles. The molecule has 2 aromatic rings. The largest absolute Gasteiger partial charge is 0.493 e. The molecular formula is C26H40N2O2. The summed E-state index contributed by atoms with van der Waals surface area (Å²) in [6, 6.07) is 16.9. The van der Waals surface area contributed by atoms with E-state index in [1.165, 1.54) is 11.1 Å². The minimum Gasteiger partial charge on any atom is -0.493 e. The Morgan fingerprint density at radius 2 is 0.967 bits per heavy atom. The molecule has 0 radical (unpaired) electrons. The van der Waals surface area contributed by atoms with Crippen LogP contribution < -0.4 is 9.47 Å². The van der Waals surface area contributed by atoms with E-state index in [4.69, 9.17) is 9.47 Å². The molecule has 30 heavy (non-hydrogen) atoms. The second-order valence-electron chi connectivity index (χ2n) is 8.43. The summed E-state index contributed by atoms with van der Waals surface area (Å²) < 4.78 is 12.1. The van der Waals surface area contributed by atoms with E-state index in [1.54, 1.807) is 0 Å². The average molecular weight is 413 g/mol. The molecule has 0 fully saturated rings. The van der Waals surface area contributed by atoms with E-state index < -0.39 is 0 Å². The highest BCUT2D eigenvalue weighted by atomic mass is 16.5. The Bertz CT molecular complexity index is 654. The predicted molar refractivity (Wildman–Crippen MR) is 127 cm³/mol. The van der Waals surface area contributed by atoms with Gasteiger partial charge >= 0.3 is 0 Å². The number of ether oxygens (including phenoxy) is 2. The first kappa shape index (κ1) is 24.2. The van der Waals surface area contributed by atoms with Gasteiger partial charge in [-0.25, -0.2) is 0 Å². The van der Waals surface area contributed by atoms with Crippen LogP contribution in [0.25, 0.3) is 0 Å². The number of hydrogen-bond donors (Lipinski definition) is 0. The van der Waals surface area contributed by atoms with Gasteiger partial charge in [0, 0.05) is 0 Å². The van der Waals surface area contributed by atoms with Crippen LogP contribution in [0, 0.1) is 0 Å². The molecule has 0 unspecified atom stereocenters. The summed E-state index contributed by atoms with van der Waals surface area (Å²) in [5.74, 6) is 2.06. The number of unbranched alkanes of at least 4 members (excludes halogenated alkanes) is 1. The Morgan fingerprint density at radius 1 is 0.567 bits per heavy atom. The highest BCUT2D eigenvalue weighted by Gasteiger charge is 2.05. The zero-order chi connectivity index (χ0) is 21.6. The highest BCUT2D eigenvalue weighted by molar-refractivity contribution is 5.34. The Hall–Kier alpha value is -2.04. The first-order valence-electron chi connectivity index (χ1n) is 11.3. The third-order valence-corrected chi connectivity index (χ3v) is 5.10. The summed E-state index contributed by atoms with van der Waals surface area (Å²) in [7, 11) is 8.47. The summed E-state index contributed by atoms with van der Waals surface area (Å²) in [5.41, 5.74) is 2.62. The van der Waals surface area contributed by atoms with E-state index in [-0.39, 0.29) is 0 Å². The number of para-hydroxylation sites is 2. The average Bonchev–Trinajstić information content (AvgIpc) is 2.72. The summed E-state index contributed by atoms with van der Waals surface area (Å²) >= 11 is 0. The molecule has 0 N–H and O–H groups in total. The molecule has 0 spiro atoms. The van der Waals surface area contributed by atoms with E-state index in [2.05, 4.69) is 86.5 Å². The number of aryl methyl sites for hydroxylation is 2. The molecule has 0 saturated heterocycles. The lowest BCUT2D eigenvalue weighted by molar-refractivity contribution is 0.263. The van der Waals surface area contributed by atoms with Crippen molar-refractivity contribution in [2.24, 2.45) is 0 Å². The molecular weight excluding hydrogens is 372 g/mol. The molecule has 4 nitrogen and oxygen atoms in total. The van der Waals surface area contributed by atoms with Crippen LogP contribution in [0.2, 0.25) is 0 Å². The third kappa shape index (κ3) is 9.64. The molecule has 0 heterocycles. The van der Waals surface area contributed by atoms with Gasteiger partial charge in [0.2, 0.25) is 0 Å². The summed E-state index contributed by atoms with van der Waals surface area (Å²) in [6.07, 6.45) is 6.40. The second-order valence-corrected chi connectivity index (χ2v) is 8.43. The van der Waals surface area contributed by atoms with Gasteiger partial charge in [0.1, 0.15) is 11.5 Å². The zero-order valence-corrected chi connectivity index (χ0v) is 19.4. The van der Waals surface area contributed by atoms with Gasteiger partial charge in [0.15, 0.2) is 0 Å². The molecule has 2 rings (SSSR count). The van der Waals surface area contributed by atoms with E-state index in [0.717, 1.165) is 76.3 Å². The fourth-order valence-electron chi connectivity index (χ4n) is 3.44. The first-order chi connectivity index (χ1) is 14.6. The Kier molecular flexibility index (Phi) is 11.3. The van der Waals surface area contributed by atoms with Crippen LogP contribution >= 0.6 is 0 Å². The number of rotatable bonds is 15. The molecule has 0 aromatic heterocycles. The van der Waals surface area contributed by atoms with Crippen molar-refractivity contribution in [3.63, 3.8) is 0 Å². The molecule has 0 saturated carbocycles. The van der Waals surface area contributed by atoms with Crippen molar-refractivity contribution in [1.82, 2.24) is 9.80 Å². The maximum Gasteiger partial charge on any atom is 0.122 e. The fourth-order valence-corrected chi connectivity index (χ4v) is 3.44. The van der Waals surface area contributed by atoms with Gasteiger partial charge in [-0.2, -0.15) is 0 Å². The van der Waals surface area contributed by atoms with Crippen LogP contribution in [-0.2, 0) is 12.8 Å². The van der Waals surface area contributed by atoms with Crippen LogP contribution in [0.4, 0.5) is 0 Å². The van der Waals surface area contributed by atoms with Gasteiger partial charge in [0.25, 0.3) is 0 Å². The van der Waals surface area contributed by atoms with Crippen molar-refractivity contribution in [2.75, 3.05) is 54.5 Å². The predicted octanol–water partition coefficient (Wildman–Crippen LogP) is 4.91. The van der Waals surface area contributed by atoms with Crippen molar-refractivity contribution in [1.29, 1.82) is 0 Å². The topological polar surface area (TPSA) is 24.9 Å². The molecule has 166 valence electrons. The Labute approximate surface area is 183 Å². The lowest BCUT2D eigenvalue weighted by atomic mass is 10.1. The molecule has 0 aliphatic rings. The Balaban J connectivity index is 1.68. The van der Waals surface area contributed by atoms with Crippen LogP contribution in [0.3, 0.4) is 0 Å². The van der Waals surface area contributed by atoms with Crippen molar-refractivity contribution >= 4 is 0 Å². The van der Waals surface area contributed by atoms with Crippen LogP contribution in [0.5, 0.6) is 11.5 Å².